The second-order valence-electron chi connectivity index (χ2n) is 2.94. The van der Waals surface area contributed by atoms with Gasteiger partial charge in [0.15, 0.2) is 0 Å². The average molecular weight is 127 g/mol. The van der Waals surface area contributed by atoms with E-state index in [2.05, 4.69) is 12.2 Å². The minimum Gasteiger partial charge on any atom is -0.317 e. The summed E-state index contributed by atoms with van der Waals surface area (Å²) in [6.07, 6.45) is 5.88. The smallest absolute Gasteiger partial charge is 0.00464 e. The van der Waals surface area contributed by atoms with Crippen LogP contribution in [-0.2, 0) is 0 Å². The molecule has 1 N–H and O–H groups in total. The third kappa shape index (κ3) is 2.35. The maximum absolute atomic E-state index is 3.35. The summed E-state index contributed by atoms with van der Waals surface area (Å²) in [5, 5.41) is 3.35. The van der Waals surface area contributed by atoms with E-state index < -0.39 is 0 Å². The molecule has 0 spiro atoms. The Labute approximate surface area is 57.8 Å². The van der Waals surface area contributed by atoms with Gasteiger partial charge in [0.1, 0.15) is 0 Å². The molecule has 1 saturated carbocycles. The number of nitrogens with one attached hydrogen (secondary N) is 1. The molecule has 0 atom stereocenters. The van der Waals surface area contributed by atoms with Crippen molar-refractivity contribution in [1.29, 1.82) is 0 Å². The van der Waals surface area contributed by atoms with Crippen LogP contribution in [0.4, 0.5) is 0 Å². The van der Waals surface area contributed by atoms with E-state index in [1.165, 1.54) is 32.2 Å². The zero-order valence-corrected chi connectivity index (χ0v) is 6.32. The highest BCUT2D eigenvalue weighted by Gasteiger charge is 2.15. The first-order chi connectivity index (χ1) is 4.43. The zero-order valence-electron chi connectivity index (χ0n) is 6.32. The molecule has 9 heavy (non-hydrogen) atoms. The van der Waals surface area contributed by atoms with Crippen molar-refractivity contribution >= 4 is 0 Å². The van der Waals surface area contributed by atoms with Crippen LogP contribution in [0.1, 0.15) is 32.6 Å². The van der Waals surface area contributed by atoms with Gasteiger partial charge in [-0.25, -0.2) is 0 Å². The number of rotatable bonds is 4. The Morgan fingerprint density at radius 3 is 2.67 bits per heavy atom. The molecule has 0 aromatic heterocycles. The predicted molar refractivity (Wildman–Crippen MR) is 40.5 cm³/mol. The summed E-state index contributed by atoms with van der Waals surface area (Å²) in [6, 6.07) is 0. The predicted octanol–water partition coefficient (Wildman–Crippen LogP) is 1.79. The fraction of sp³-hybridized carbons (Fsp3) is 1.00. The minimum atomic E-state index is 1.07. The summed E-state index contributed by atoms with van der Waals surface area (Å²) in [5.41, 5.74) is 0. The lowest BCUT2D eigenvalue weighted by atomic mass is 9.83. The summed E-state index contributed by atoms with van der Waals surface area (Å²) >= 11 is 0. The molecule has 1 aliphatic rings. The van der Waals surface area contributed by atoms with E-state index in [9.17, 15) is 0 Å². The molecule has 1 rings (SSSR count). The van der Waals surface area contributed by atoms with Crippen molar-refractivity contribution in [2.75, 3.05) is 13.1 Å². The fourth-order valence-electron chi connectivity index (χ4n) is 1.26. The SMILES string of the molecule is CCNCCC1CCC1. The third-order valence-electron chi connectivity index (χ3n) is 2.20. The molecule has 0 radical (unpaired) electrons. The average Bonchev–Trinajstić information content (AvgIpc) is 1.76. The van der Waals surface area contributed by atoms with Crippen molar-refractivity contribution < 1.29 is 0 Å². The molecule has 0 saturated heterocycles. The van der Waals surface area contributed by atoms with Crippen molar-refractivity contribution in [3.63, 3.8) is 0 Å². The Bertz CT molecular complexity index is 67.0. The van der Waals surface area contributed by atoms with Crippen molar-refractivity contribution in [1.82, 2.24) is 5.32 Å². The van der Waals surface area contributed by atoms with Gasteiger partial charge in [-0.1, -0.05) is 26.2 Å². The van der Waals surface area contributed by atoms with Crippen molar-refractivity contribution in [2.24, 2.45) is 5.92 Å². The van der Waals surface area contributed by atoms with Gasteiger partial charge in [-0.05, 0) is 25.4 Å². The third-order valence-corrected chi connectivity index (χ3v) is 2.20. The maximum atomic E-state index is 3.35. The van der Waals surface area contributed by atoms with Gasteiger partial charge < -0.3 is 5.32 Å². The van der Waals surface area contributed by atoms with Crippen LogP contribution in [0.2, 0.25) is 0 Å². The van der Waals surface area contributed by atoms with E-state index in [4.69, 9.17) is 0 Å². The number of hydrogen-bond acceptors (Lipinski definition) is 1. The van der Waals surface area contributed by atoms with Gasteiger partial charge in [0.25, 0.3) is 0 Å². The van der Waals surface area contributed by atoms with E-state index >= 15 is 0 Å². The molecule has 0 aliphatic heterocycles. The van der Waals surface area contributed by atoms with Gasteiger partial charge in [0.2, 0.25) is 0 Å². The number of hydrogen-bond donors (Lipinski definition) is 1. The van der Waals surface area contributed by atoms with Crippen LogP contribution in [-0.4, -0.2) is 13.1 Å². The molecule has 54 valence electrons. The molecular formula is C8H17N. The molecule has 0 aromatic rings. The van der Waals surface area contributed by atoms with Crippen LogP contribution in [0.25, 0.3) is 0 Å². The molecule has 1 fully saturated rings. The summed E-state index contributed by atoms with van der Waals surface area (Å²) < 4.78 is 0. The highest BCUT2D eigenvalue weighted by molar-refractivity contribution is 4.69. The van der Waals surface area contributed by atoms with Gasteiger partial charge >= 0.3 is 0 Å². The molecule has 1 nitrogen and oxygen atoms in total. The second-order valence-corrected chi connectivity index (χ2v) is 2.94. The summed E-state index contributed by atoms with van der Waals surface area (Å²) in [7, 11) is 0. The molecule has 1 heteroatoms. The van der Waals surface area contributed by atoms with Gasteiger partial charge in [0.05, 0.1) is 0 Å². The van der Waals surface area contributed by atoms with Gasteiger partial charge in [-0.15, -0.1) is 0 Å². The largest absolute Gasteiger partial charge is 0.317 e. The first-order valence-electron chi connectivity index (χ1n) is 4.14. The summed E-state index contributed by atoms with van der Waals surface area (Å²) in [5.74, 6) is 1.07. The maximum Gasteiger partial charge on any atom is -0.00464 e. The normalized spacial score (nSPS) is 19.7. The zero-order chi connectivity index (χ0) is 6.53. The van der Waals surface area contributed by atoms with E-state index in [-0.39, 0.29) is 0 Å². The molecule has 0 amide bonds. The Morgan fingerprint density at radius 1 is 1.44 bits per heavy atom. The summed E-state index contributed by atoms with van der Waals surface area (Å²) in [6.45, 7) is 4.54. The molecule has 1 aliphatic carbocycles. The van der Waals surface area contributed by atoms with Crippen LogP contribution < -0.4 is 5.32 Å². The molecule has 0 heterocycles. The Kier molecular flexibility index (Phi) is 3.05. The lowest BCUT2D eigenvalue weighted by Crippen LogP contribution is -2.20. The van der Waals surface area contributed by atoms with E-state index in [0.29, 0.717) is 0 Å². The fourth-order valence-corrected chi connectivity index (χ4v) is 1.26. The van der Waals surface area contributed by atoms with E-state index in [0.717, 1.165) is 12.5 Å². The van der Waals surface area contributed by atoms with Gasteiger partial charge in [-0.3, -0.25) is 0 Å². The second kappa shape index (κ2) is 3.89. The van der Waals surface area contributed by atoms with Gasteiger partial charge in [0, 0.05) is 0 Å². The molecule has 0 unspecified atom stereocenters. The molecule has 0 bridgehead atoms. The quantitative estimate of drug-likeness (QED) is 0.568. The minimum absolute atomic E-state index is 1.07. The molecular weight excluding hydrogens is 110 g/mol. The van der Waals surface area contributed by atoms with Gasteiger partial charge in [-0.2, -0.15) is 0 Å². The highest BCUT2D eigenvalue weighted by Crippen LogP contribution is 2.28. The van der Waals surface area contributed by atoms with E-state index in [1.807, 2.05) is 0 Å². The van der Waals surface area contributed by atoms with Crippen LogP contribution in [0.5, 0.6) is 0 Å². The lowest BCUT2D eigenvalue weighted by molar-refractivity contribution is 0.293. The van der Waals surface area contributed by atoms with Crippen LogP contribution in [0.15, 0.2) is 0 Å². The Morgan fingerprint density at radius 2 is 2.22 bits per heavy atom. The van der Waals surface area contributed by atoms with E-state index in [1.54, 1.807) is 0 Å². The monoisotopic (exact) mass is 127 g/mol. The Balaban J connectivity index is 1.80. The lowest BCUT2D eigenvalue weighted by Gasteiger charge is -2.24. The van der Waals surface area contributed by atoms with Crippen molar-refractivity contribution in [2.45, 2.75) is 32.6 Å². The van der Waals surface area contributed by atoms with Crippen LogP contribution >= 0.6 is 0 Å². The van der Waals surface area contributed by atoms with Crippen LogP contribution in [0, 0.1) is 5.92 Å². The Hall–Kier alpha value is -0.0400. The van der Waals surface area contributed by atoms with Crippen LogP contribution in [0.3, 0.4) is 0 Å². The standard InChI is InChI=1S/C8H17N/c1-2-9-7-6-8-4-3-5-8/h8-9H,2-7H2,1H3. The molecule has 0 aromatic carbocycles. The first kappa shape index (κ1) is 7.07. The highest BCUT2D eigenvalue weighted by atomic mass is 14.8. The van der Waals surface area contributed by atoms with Crippen molar-refractivity contribution in [3.05, 3.63) is 0 Å². The first-order valence-corrected chi connectivity index (χ1v) is 4.14. The van der Waals surface area contributed by atoms with Crippen molar-refractivity contribution in [3.8, 4) is 0 Å². The topological polar surface area (TPSA) is 12.0 Å². The summed E-state index contributed by atoms with van der Waals surface area (Å²) in [4.78, 5) is 0.